The molecule has 0 aliphatic heterocycles. The molecule has 1 nitrogen and oxygen atoms in total. The number of fused-ring (bicyclic) bond motifs is 2. The number of hydrogen-bond donors (Lipinski definition) is 0. The molecule has 0 saturated heterocycles. The second-order valence-electron chi connectivity index (χ2n) is 6.03. The zero-order valence-corrected chi connectivity index (χ0v) is 13.5. The summed E-state index contributed by atoms with van der Waals surface area (Å²) in [4.78, 5) is 0. The molecule has 4 aromatic carbocycles. The highest BCUT2D eigenvalue weighted by Crippen LogP contribution is 2.39. The van der Waals surface area contributed by atoms with Crippen LogP contribution < -0.4 is 0 Å². The molecule has 0 amide bonds. The molecule has 0 radical (unpaired) electrons. The molecule has 0 N–H and O–H groups in total. The maximum atomic E-state index is 12.9. The van der Waals surface area contributed by atoms with Crippen LogP contribution in [0.25, 0.3) is 32.7 Å². The Morgan fingerprint density at radius 1 is 0.654 bits per heavy atom. The summed E-state index contributed by atoms with van der Waals surface area (Å²) < 4.78 is 38.7. The maximum absolute atomic E-state index is 12.9. The molecule has 0 aliphatic carbocycles. The van der Waals surface area contributed by atoms with Crippen molar-refractivity contribution in [2.24, 2.45) is 0 Å². The lowest BCUT2D eigenvalue weighted by molar-refractivity contribution is -0.137. The van der Waals surface area contributed by atoms with Gasteiger partial charge in [0.05, 0.1) is 11.1 Å². The summed E-state index contributed by atoms with van der Waals surface area (Å²) in [5, 5.41) is 12.9. The molecule has 4 aromatic rings. The van der Waals surface area contributed by atoms with Crippen LogP contribution in [0.15, 0.2) is 72.8 Å². The molecule has 0 heterocycles. The number of nitriles is 1. The zero-order chi connectivity index (χ0) is 18.3. The molecule has 0 unspecified atom stereocenters. The number of halogens is 3. The number of alkyl halides is 3. The van der Waals surface area contributed by atoms with E-state index >= 15 is 0 Å². The lowest BCUT2D eigenvalue weighted by Crippen LogP contribution is -2.04. The Balaban J connectivity index is 2.10. The predicted octanol–water partition coefficient (Wildman–Crippen LogP) is 6.55. The molecule has 0 aliphatic rings. The minimum Gasteiger partial charge on any atom is -0.192 e. The van der Waals surface area contributed by atoms with E-state index < -0.39 is 11.7 Å². The maximum Gasteiger partial charge on any atom is 0.416 e. The Labute approximate surface area is 147 Å². The average Bonchev–Trinajstić information content (AvgIpc) is 2.65. The van der Waals surface area contributed by atoms with Gasteiger partial charge in [-0.05, 0) is 34.0 Å². The monoisotopic (exact) mass is 347 g/mol. The summed E-state index contributed by atoms with van der Waals surface area (Å²) in [6.45, 7) is 0. The smallest absolute Gasteiger partial charge is 0.192 e. The van der Waals surface area contributed by atoms with Crippen molar-refractivity contribution in [2.75, 3.05) is 0 Å². The van der Waals surface area contributed by atoms with E-state index in [1.807, 2.05) is 48.5 Å². The third-order valence-electron chi connectivity index (χ3n) is 4.54. The van der Waals surface area contributed by atoms with E-state index in [0.717, 1.165) is 39.2 Å². The predicted molar refractivity (Wildman–Crippen MR) is 96.6 cm³/mol. The fourth-order valence-corrected chi connectivity index (χ4v) is 3.39. The van der Waals surface area contributed by atoms with Gasteiger partial charge in [0.15, 0.2) is 0 Å². The van der Waals surface area contributed by atoms with Gasteiger partial charge in [-0.3, -0.25) is 0 Å². The molecule has 0 spiro atoms. The summed E-state index contributed by atoms with van der Waals surface area (Å²) in [5.41, 5.74) is 1.43. The van der Waals surface area contributed by atoms with E-state index in [4.69, 9.17) is 0 Å². The van der Waals surface area contributed by atoms with Gasteiger partial charge in [-0.25, -0.2) is 0 Å². The van der Waals surface area contributed by atoms with Crippen LogP contribution in [0, 0.1) is 11.3 Å². The molecule has 4 rings (SSSR count). The van der Waals surface area contributed by atoms with Gasteiger partial charge in [-0.2, -0.15) is 18.4 Å². The quantitative estimate of drug-likeness (QED) is 0.358. The van der Waals surface area contributed by atoms with Gasteiger partial charge < -0.3 is 0 Å². The van der Waals surface area contributed by atoms with E-state index in [1.165, 1.54) is 12.1 Å². The lowest BCUT2D eigenvalue weighted by Gasteiger charge is -2.15. The summed E-state index contributed by atoms with van der Waals surface area (Å²) in [6, 6.07) is 22.4. The van der Waals surface area contributed by atoms with E-state index in [2.05, 4.69) is 6.07 Å². The summed E-state index contributed by atoms with van der Waals surface area (Å²) in [6.07, 6.45) is -4.37. The summed E-state index contributed by atoms with van der Waals surface area (Å²) in [5.74, 6) is 0. The fourth-order valence-electron chi connectivity index (χ4n) is 3.39. The molecule has 0 fully saturated rings. The van der Waals surface area contributed by atoms with Crippen molar-refractivity contribution in [1.82, 2.24) is 0 Å². The first-order valence-electron chi connectivity index (χ1n) is 8.02. The first kappa shape index (κ1) is 16.2. The molecule has 0 saturated carbocycles. The number of rotatable bonds is 1. The van der Waals surface area contributed by atoms with Crippen LogP contribution in [0.3, 0.4) is 0 Å². The van der Waals surface area contributed by atoms with Crippen LogP contribution in [-0.4, -0.2) is 0 Å². The van der Waals surface area contributed by atoms with E-state index in [-0.39, 0.29) is 0 Å². The van der Waals surface area contributed by atoms with Crippen molar-refractivity contribution in [3.05, 3.63) is 83.9 Å². The number of nitrogens with zero attached hydrogens (tertiary/aromatic N) is 1. The molecule has 0 aromatic heterocycles. The standard InChI is InChI=1S/C22H12F3N/c23-22(24,25)15-11-9-14(10-12-15)21-18-7-3-1-5-16(18)20(13-26)17-6-2-4-8-19(17)21/h1-12H. The third-order valence-corrected chi connectivity index (χ3v) is 4.54. The minimum absolute atomic E-state index is 0.576. The summed E-state index contributed by atoms with van der Waals surface area (Å²) >= 11 is 0. The van der Waals surface area contributed by atoms with Gasteiger partial charge in [0.1, 0.15) is 6.07 Å². The normalized spacial score (nSPS) is 11.6. The summed E-state index contributed by atoms with van der Waals surface area (Å²) in [7, 11) is 0. The van der Waals surface area contributed by atoms with Gasteiger partial charge in [-0.15, -0.1) is 0 Å². The van der Waals surface area contributed by atoms with E-state index in [0.29, 0.717) is 11.1 Å². The van der Waals surface area contributed by atoms with Crippen molar-refractivity contribution >= 4 is 21.5 Å². The second-order valence-corrected chi connectivity index (χ2v) is 6.03. The largest absolute Gasteiger partial charge is 0.416 e. The van der Waals surface area contributed by atoms with Crippen LogP contribution in [0.1, 0.15) is 11.1 Å². The number of benzene rings is 4. The SMILES string of the molecule is N#Cc1c2ccccc2c(-c2ccc(C(F)(F)F)cc2)c2ccccc12. The van der Waals surface area contributed by atoms with Crippen LogP contribution in [0.2, 0.25) is 0 Å². The average molecular weight is 347 g/mol. The van der Waals surface area contributed by atoms with Crippen molar-refractivity contribution < 1.29 is 13.2 Å². The second kappa shape index (κ2) is 5.89. The highest BCUT2D eigenvalue weighted by Gasteiger charge is 2.30. The van der Waals surface area contributed by atoms with Crippen molar-refractivity contribution in [1.29, 1.82) is 5.26 Å². The highest BCUT2D eigenvalue weighted by molar-refractivity contribution is 6.16. The Morgan fingerprint density at radius 3 is 1.54 bits per heavy atom. The van der Waals surface area contributed by atoms with Crippen LogP contribution in [0.5, 0.6) is 0 Å². The number of hydrogen-bond acceptors (Lipinski definition) is 1. The molecular weight excluding hydrogens is 335 g/mol. The Morgan fingerprint density at radius 2 is 1.12 bits per heavy atom. The third kappa shape index (κ3) is 2.49. The molecule has 26 heavy (non-hydrogen) atoms. The van der Waals surface area contributed by atoms with Crippen LogP contribution >= 0.6 is 0 Å². The molecule has 0 bridgehead atoms. The Bertz CT molecular complexity index is 1110. The highest BCUT2D eigenvalue weighted by atomic mass is 19.4. The Kier molecular flexibility index (Phi) is 3.66. The lowest BCUT2D eigenvalue weighted by atomic mass is 9.88. The van der Waals surface area contributed by atoms with Gasteiger partial charge in [0.2, 0.25) is 0 Å². The van der Waals surface area contributed by atoms with Crippen molar-refractivity contribution in [3.63, 3.8) is 0 Å². The minimum atomic E-state index is -4.37. The topological polar surface area (TPSA) is 23.8 Å². The van der Waals surface area contributed by atoms with Crippen LogP contribution in [-0.2, 0) is 6.18 Å². The van der Waals surface area contributed by atoms with E-state index in [9.17, 15) is 18.4 Å². The zero-order valence-electron chi connectivity index (χ0n) is 13.5. The Hall–Kier alpha value is -3.32. The fraction of sp³-hybridized carbons (Fsp3) is 0.0455. The van der Waals surface area contributed by atoms with Crippen molar-refractivity contribution in [2.45, 2.75) is 6.18 Å². The van der Waals surface area contributed by atoms with Gasteiger partial charge in [-0.1, -0.05) is 60.7 Å². The van der Waals surface area contributed by atoms with E-state index in [1.54, 1.807) is 0 Å². The molecule has 0 atom stereocenters. The van der Waals surface area contributed by atoms with Crippen LogP contribution in [0.4, 0.5) is 13.2 Å². The first-order chi connectivity index (χ1) is 12.5. The molecule has 4 heteroatoms. The van der Waals surface area contributed by atoms with Gasteiger partial charge in [0, 0.05) is 10.8 Å². The molecular formula is C22H12F3N. The first-order valence-corrected chi connectivity index (χ1v) is 8.02. The van der Waals surface area contributed by atoms with Crippen molar-refractivity contribution in [3.8, 4) is 17.2 Å². The molecule has 126 valence electrons. The van der Waals surface area contributed by atoms with Gasteiger partial charge >= 0.3 is 6.18 Å². The van der Waals surface area contributed by atoms with Gasteiger partial charge in [0.25, 0.3) is 0 Å².